The zero-order valence-electron chi connectivity index (χ0n) is 27.3. The summed E-state index contributed by atoms with van der Waals surface area (Å²) in [7, 11) is 0. The zero-order chi connectivity index (χ0) is 31.6. The molecular formula is C34H48N4O6. The van der Waals surface area contributed by atoms with Crippen molar-refractivity contribution in [2.75, 3.05) is 18.1 Å². The van der Waals surface area contributed by atoms with Gasteiger partial charge in [0.1, 0.15) is 17.8 Å². The Kier molecular flexibility index (Phi) is 9.53. The van der Waals surface area contributed by atoms with Gasteiger partial charge in [0.15, 0.2) is 5.65 Å². The molecule has 3 aromatic rings. The molecule has 1 aromatic carbocycles. The number of benzene rings is 1. The van der Waals surface area contributed by atoms with Gasteiger partial charge >= 0.3 is 5.97 Å². The number of carboxylic acids is 1. The molecule has 10 heteroatoms. The predicted molar refractivity (Wildman–Crippen MR) is 168 cm³/mol. The summed E-state index contributed by atoms with van der Waals surface area (Å²) in [6, 6.07) is 8.11. The normalized spacial score (nSPS) is 23.8. The number of hydrogen-bond donors (Lipinski definition) is 1. The first kappa shape index (κ1) is 32.2. The number of carboxylic acid groups (broad SMARTS) is 1. The van der Waals surface area contributed by atoms with E-state index in [-0.39, 0.29) is 31.0 Å². The van der Waals surface area contributed by atoms with Crippen molar-refractivity contribution in [3.63, 3.8) is 0 Å². The van der Waals surface area contributed by atoms with Gasteiger partial charge in [0.05, 0.1) is 42.6 Å². The highest BCUT2D eigenvalue weighted by atomic mass is 16.5. The molecule has 0 radical (unpaired) electrons. The Morgan fingerprint density at radius 2 is 1.98 bits per heavy atom. The quantitative estimate of drug-likeness (QED) is 0.374. The van der Waals surface area contributed by atoms with Crippen LogP contribution in [0.1, 0.15) is 94.8 Å². The van der Waals surface area contributed by atoms with E-state index in [1.807, 2.05) is 33.8 Å². The molecule has 6 rings (SSSR count). The lowest BCUT2D eigenvalue weighted by molar-refractivity contribution is -0.136. The first-order chi connectivity index (χ1) is 20.8. The van der Waals surface area contributed by atoms with Gasteiger partial charge in [-0.1, -0.05) is 12.1 Å². The maximum absolute atomic E-state index is 12.1. The van der Waals surface area contributed by atoms with E-state index in [9.17, 15) is 9.90 Å². The van der Waals surface area contributed by atoms with Crippen molar-refractivity contribution in [2.45, 2.75) is 124 Å². The minimum absolute atomic E-state index is 0.0655. The van der Waals surface area contributed by atoms with Gasteiger partial charge in [-0.15, -0.1) is 0 Å². The summed E-state index contributed by atoms with van der Waals surface area (Å²) >= 11 is 0. The Labute approximate surface area is 260 Å². The monoisotopic (exact) mass is 608 g/mol. The lowest BCUT2D eigenvalue weighted by atomic mass is 9.91. The van der Waals surface area contributed by atoms with E-state index in [1.165, 1.54) is 0 Å². The lowest BCUT2D eigenvalue weighted by Crippen LogP contribution is -2.54. The number of ether oxygens (including phenoxy) is 4. The second-order valence-electron chi connectivity index (χ2n) is 13.6. The fourth-order valence-electron chi connectivity index (χ4n) is 6.16. The summed E-state index contributed by atoms with van der Waals surface area (Å²) < 4.78 is 27.6. The van der Waals surface area contributed by atoms with Crippen LogP contribution in [0.5, 0.6) is 5.75 Å². The van der Waals surface area contributed by atoms with Crippen LogP contribution in [0.25, 0.3) is 5.65 Å². The van der Waals surface area contributed by atoms with Crippen molar-refractivity contribution < 1.29 is 28.8 Å². The second-order valence-corrected chi connectivity index (χ2v) is 13.6. The highest BCUT2D eigenvalue weighted by molar-refractivity contribution is 5.74. The molecule has 5 heterocycles. The molecule has 3 aliphatic rings. The first-order valence-electron chi connectivity index (χ1n) is 15.8. The molecule has 4 bridgehead atoms. The molecule has 0 aliphatic carbocycles. The van der Waals surface area contributed by atoms with Crippen LogP contribution in [0, 0.1) is 13.8 Å². The van der Waals surface area contributed by atoms with E-state index in [0.717, 1.165) is 42.6 Å². The Morgan fingerprint density at radius 1 is 1.18 bits per heavy atom. The Hall–Kier alpha value is -3.21. The van der Waals surface area contributed by atoms with Crippen LogP contribution >= 0.6 is 0 Å². The number of aliphatic carboxylic acids is 1. The number of aryl methyl sites for hydroxylation is 2. The summed E-state index contributed by atoms with van der Waals surface area (Å²) in [5.41, 5.74) is 3.95. The molecule has 3 atom stereocenters. The van der Waals surface area contributed by atoms with Gasteiger partial charge in [0.2, 0.25) is 0 Å². The summed E-state index contributed by atoms with van der Waals surface area (Å²) in [6.07, 6.45) is 3.80. The van der Waals surface area contributed by atoms with Gasteiger partial charge in [-0.3, -0.25) is 4.79 Å². The molecule has 0 saturated carbocycles. The molecular weight excluding hydrogens is 560 g/mol. The molecule has 240 valence electrons. The highest BCUT2D eigenvalue weighted by Crippen LogP contribution is 2.38. The first-order valence-corrected chi connectivity index (χ1v) is 15.8. The molecule has 1 saturated heterocycles. The molecule has 10 nitrogen and oxygen atoms in total. The molecule has 1 fully saturated rings. The summed E-state index contributed by atoms with van der Waals surface area (Å²) in [4.78, 5) is 19.0. The van der Waals surface area contributed by atoms with Gasteiger partial charge in [0.25, 0.3) is 0 Å². The molecule has 0 amide bonds. The molecule has 3 aliphatic heterocycles. The maximum Gasteiger partial charge on any atom is 0.308 e. The van der Waals surface area contributed by atoms with Crippen molar-refractivity contribution in [1.29, 1.82) is 0 Å². The fourth-order valence-corrected chi connectivity index (χ4v) is 6.16. The fraction of sp³-hybridized carbons (Fsp3) is 0.618. The summed E-state index contributed by atoms with van der Waals surface area (Å²) in [5.74, 6) is 0.630. The Bertz CT molecular complexity index is 1480. The van der Waals surface area contributed by atoms with E-state index in [2.05, 4.69) is 43.9 Å². The van der Waals surface area contributed by atoms with Gasteiger partial charge < -0.3 is 29.0 Å². The van der Waals surface area contributed by atoms with Gasteiger partial charge in [-0.05, 0) is 85.8 Å². The zero-order valence-corrected chi connectivity index (χ0v) is 27.3. The Morgan fingerprint density at radius 3 is 2.73 bits per heavy atom. The van der Waals surface area contributed by atoms with Crippen LogP contribution in [-0.2, 0) is 38.6 Å². The van der Waals surface area contributed by atoms with E-state index in [0.29, 0.717) is 54.6 Å². The number of rotatable bonds is 3. The minimum Gasteiger partial charge on any atom is -0.490 e. The third kappa shape index (κ3) is 7.71. The van der Waals surface area contributed by atoms with Crippen LogP contribution in [0.4, 0.5) is 5.82 Å². The van der Waals surface area contributed by atoms with Gasteiger partial charge in [0, 0.05) is 42.5 Å². The van der Waals surface area contributed by atoms with E-state index in [1.54, 1.807) is 4.52 Å². The molecule has 3 unspecified atom stereocenters. The lowest BCUT2D eigenvalue weighted by Gasteiger charge is -2.47. The molecule has 0 spiro atoms. The number of piperidine rings is 1. The largest absolute Gasteiger partial charge is 0.490 e. The van der Waals surface area contributed by atoms with Crippen LogP contribution in [0.15, 0.2) is 24.3 Å². The molecule has 2 aromatic heterocycles. The standard InChI is InChI=1S/C34H48N4O6/c1-22-11-12-25-20-41-21-26-17-29-35-24(3)27(18-31(39)40)32(38(29)36-26)37-14-13-34(7,19-30(37)44-33(4,5)6)42-15-9-8-10-23(2)43-28(25)16-22/h11-12,16-17,23,30H,8-10,13-15,18-21H2,1-7H3,(H,39,40). The van der Waals surface area contributed by atoms with Gasteiger partial charge in [-0.25, -0.2) is 4.98 Å². The molecule has 44 heavy (non-hydrogen) atoms. The maximum atomic E-state index is 12.1. The topological polar surface area (TPSA) is 108 Å². The van der Waals surface area contributed by atoms with Crippen LogP contribution in [0.3, 0.4) is 0 Å². The van der Waals surface area contributed by atoms with E-state index >= 15 is 0 Å². The number of anilines is 1. The van der Waals surface area contributed by atoms with Gasteiger partial charge in [-0.2, -0.15) is 9.61 Å². The number of fused-ring (bicyclic) bond motifs is 10. The second kappa shape index (κ2) is 13.0. The van der Waals surface area contributed by atoms with Crippen molar-refractivity contribution in [2.24, 2.45) is 0 Å². The SMILES string of the molecule is Cc1ccc2c(c1)OC(C)CCCCOC1(C)CCN(c3c(CC(=O)O)c(C)nc4cc(nn34)COC2)C(OC(C)(C)C)C1. The van der Waals surface area contributed by atoms with Crippen LogP contribution in [0.2, 0.25) is 0 Å². The number of hydrogen-bond acceptors (Lipinski definition) is 8. The number of nitrogens with zero attached hydrogens (tertiary/aromatic N) is 4. The van der Waals surface area contributed by atoms with Crippen molar-refractivity contribution in [3.05, 3.63) is 52.3 Å². The Balaban J connectivity index is 1.57. The molecule has 1 N–H and O–H groups in total. The summed E-state index contributed by atoms with van der Waals surface area (Å²) in [5, 5.41) is 14.8. The average molecular weight is 609 g/mol. The van der Waals surface area contributed by atoms with Crippen LogP contribution in [-0.4, -0.2) is 62.4 Å². The third-order valence-electron chi connectivity index (χ3n) is 8.37. The third-order valence-corrected chi connectivity index (χ3v) is 8.37. The van der Waals surface area contributed by atoms with Crippen molar-refractivity contribution in [3.8, 4) is 5.75 Å². The smallest absolute Gasteiger partial charge is 0.308 e. The highest BCUT2D eigenvalue weighted by Gasteiger charge is 2.41. The number of carbonyl (C=O) groups is 1. The minimum atomic E-state index is -0.920. The van der Waals surface area contributed by atoms with Crippen molar-refractivity contribution in [1.82, 2.24) is 14.6 Å². The van der Waals surface area contributed by atoms with Crippen molar-refractivity contribution >= 4 is 17.4 Å². The predicted octanol–water partition coefficient (Wildman–Crippen LogP) is 6.16. The summed E-state index contributed by atoms with van der Waals surface area (Å²) in [6.45, 7) is 16.2. The number of aromatic nitrogens is 3. The average Bonchev–Trinajstić information content (AvgIpc) is 3.31. The van der Waals surface area contributed by atoms with E-state index < -0.39 is 11.6 Å². The van der Waals surface area contributed by atoms with Crippen LogP contribution < -0.4 is 9.64 Å². The van der Waals surface area contributed by atoms with E-state index in [4.69, 9.17) is 29.0 Å².